The van der Waals surface area contributed by atoms with Crippen LogP contribution in [0.2, 0.25) is 0 Å². The highest BCUT2D eigenvalue weighted by atomic mass is 35.5. The van der Waals surface area contributed by atoms with Gasteiger partial charge in [-0.05, 0) is 36.8 Å². The first kappa shape index (κ1) is 19.2. The minimum absolute atomic E-state index is 0. The second-order valence-corrected chi connectivity index (χ2v) is 5.89. The predicted molar refractivity (Wildman–Crippen MR) is 101 cm³/mol. The fourth-order valence-electron chi connectivity index (χ4n) is 2.64. The maximum Gasteiger partial charge on any atom is 0.226 e. The summed E-state index contributed by atoms with van der Waals surface area (Å²) in [5.74, 6) is 1.32. The number of carbonyl (C=O) groups is 1. The average Bonchev–Trinajstić information content (AvgIpc) is 2.57. The van der Waals surface area contributed by atoms with Gasteiger partial charge in [0, 0.05) is 19.0 Å². The van der Waals surface area contributed by atoms with E-state index in [4.69, 9.17) is 9.47 Å². The molecule has 1 saturated heterocycles. The summed E-state index contributed by atoms with van der Waals surface area (Å²) < 4.78 is 11.3. The normalized spacial score (nSPS) is 16.6. The van der Waals surface area contributed by atoms with Crippen molar-refractivity contribution in [2.45, 2.75) is 19.4 Å². The lowest BCUT2D eigenvalue weighted by Crippen LogP contribution is -2.43. The Kier molecular flexibility index (Phi) is 7.25. The van der Waals surface area contributed by atoms with Gasteiger partial charge in [-0.1, -0.05) is 24.3 Å². The Morgan fingerprint density at radius 2 is 2.12 bits per heavy atom. The van der Waals surface area contributed by atoms with Crippen LogP contribution < -0.4 is 15.4 Å². The van der Waals surface area contributed by atoms with Crippen LogP contribution in [0.3, 0.4) is 0 Å². The monoisotopic (exact) mass is 362 g/mol. The zero-order chi connectivity index (χ0) is 16.8. The van der Waals surface area contributed by atoms with E-state index in [-0.39, 0.29) is 24.4 Å². The highest BCUT2D eigenvalue weighted by molar-refractivity contribution is 5.92. The van der Waals surface area contributed by atoms with E-state index in [1.807, 2.05) is 55.5 Å². The van der Waals surface area contributed by atoms with Crippen molar-refractivity contribution in [1.82, 2.24) is 5.32 Å². The molecule has 1 unspecified atom stereocenters. The number of morpholine rings is 1. The van der Waals surface area contributed by atoms with Crippen molar-refractivity contribution in [1.29, 1.82) is 0 Å². The number of para-hydroxylation sites is 2. The van der Waals surface area contributed by atoms with Gasteiger partial charge in [0.25, 0.3) is 0 Å². The maximum atomic E-state index is 12.3. The maximum absolute atomic E-state index is 12.3. The molecule has 0 spiro atoms. The average molecular weight is 363 g/mol. The Hall–Kier alpha value is -2.08. The Bertz CT molecular complexity index is 703. The molecule has 2 aromatic carbocycles. The van der Waals surface area contributed by atoms with Crippen LogP contribution in [-0.2, 0) is 9.53 Å². The standard InChI is InChI=1S/C19H22N2O3.ClH/c1-14-5-4-6-16(11-14)24-18-8-3-2-7-17(18)21-19(22)12-15-13-23-10-9-20-15;/h2-8,11,15,20H,9-10,12-13H2,1H3,(H,21,22);1H. The van der Waals surface area contributed by atoms with Gasteiger partial charge < -0.3 is 20.1 Å². The number of nitrogens with one attached hydrogen (secondary N) is 2. The molecule has 134 valence electrons. The van der Waals surface area contributed by atoms with Crippen LogP contribution in [0.1, 0.15) is 12.0 Å². The Morgan fingerprint density at radius 1 is 1.28 bits per heavy atom. The number of carbonyl (C=O) groups excluding carboxylic acids is 1. The largest absolute Gasteiger partial charge is 0.455 e. The number of aryl methyl sites for hydroxylation is 1. The van der Waals surface area contributed by atoms with Crippen LogP contribution in [0, 0.1) is 6.92 Å². The Morgan fingerprint density at radius 3 is 2.88 bits per heavy atom. The van der Waals surface area contributed by atoms with Crippen LogP contribution in [0.25, 0.3) is 0 Å². The number of halogens is 1. The van der Waals surface area contributed by atoms with E-state index >= 15 is 0 Å². The third kappa shape index (κ3) is 5.74. The van der Waals surface area contributed by atoms with E-state index in [1.165, 1.54) is 0 Å². The van der Waals surface area contributed by atoms with E-state index in [0.717, 1.165) is 17.9 Å². The minimum Gasteiger partial charge on any atom is -0.455 e. The van der Waals surface area contributed by atoms with Gasteiger partial charge in [0.05, 0.1) is 18.9 Å². The van der Waals surface area contributed by atoms with Crippen molar-refractivity contribution in [3.05, 3.63) is 54.1 Å². The SMILES string of the molecule is Cc1cccc(Oc2ccccc2NC(=O)CC2COCCN2)c1.Cl. The van der Waals surface area contributed by atoms with Gasteiger partial charge in [0.15, 0.2) is 5.75 Å². The third-order valence-corrected chi connectivity index (χ3v) is 3.81. The first-order valence-electron chi connectivity index (χ1n) is 8.15. The summed E-state index contributed by atoms with van der Waals surface area (Å²) in [7, 11) is 0. The number of rotatable bonds is 5. The highest BCUT2D eigenvalue weighted by Crippen LogP contribution is 2.29. The van der Waals surface area contributed by atoms with E-state index < -0.39 is 0 Å². The van der Waals surface area contributed by atoms with Gasteiger partial charge in [-0.25, -0.2) is 0 Å². The van der Waals surface area contributed by atoms with Gasteiger partial charge in [-0.2, -0.15) is 0 Å². The molecule has 1 aliphatic rings. The summed E-state index contributed by atoms with van der Waals surface area (Å²) in [5, 5.41) is 6.21. The molecule has 0 aromatic heterocycles. The molecule has 0 radical (unpaired) electrons. The number of benzene rings is 2. The summed E-state index contributed by atoms with van der Waals surface area (Å²) in [6, 6.07) is 15.3. The molecule has 2 aromatic rings. The van der Waals surface area contributed by atoms with Gasteiger partial charge in [-0.3, -0.25) is 4.79 Å². The van der Waals surface area contributed by atoms with E-state index in [2.05, 4.69) is 10.6 Å². The summed E-state index contributed by atoms with van der Waals surface area (Å²) >= 11 is 0. The zero-order valence-electron chi connectivity index (χ0n) is 14.2. The molecule has 0 bridgehead atoms. The summed E-state index contributed by atoms with van der Waals surface area (Å²) in [5.41, 5.74) is 1.79. The van der Waals surface area contributed by atoms with Crippen molar-refractivity contribution in [3.8, 4) is 11.5 Å². The number of anilines is 1. The Labute approximate surface area is 154 Å². The molecule has 25 heavy (non-hydrogen) atoms. The van der Waals surface area contributed by atoms with Crippen LogP contribution in [-0.4, -0.2) is 31.7 Å². The quantitative estimate of drug-likeness (QED) is 0.854. The number of amides is 1. The van der Waals surface area contributed by atoms with Gasteiger partial charge >= 0.3 is 0 Å². The van der Waals surface area contributed by atoms with Gasteiger partial charge in [0.2, 0.25) is 5.91 Å². The van der Waals surface area contributed by atoms with Crippen LogP contribution in [0.4, 0.5) is 5.69 Å². The molecule has 1 atom stereocenters. The number of ether oxygens (including phenoxy) is 2. The molecule has 5 nitrogen and oxygen atoms in total. The molecule has 6 heteroatoms. The van der Waals surface area contributed by atoms with E-state index in [9.17, 15) is 4.79 Å². The highest BCUT2D eigenvalue weighted by Gasteiger charge is 2.17. The molecular weight excluding hydrogens is 340 g/mol. The number of hydrogen-bond donors (Lipinski definition) is 2. The third-order valence-electron chi connectivity index (χ3n) is 3.81. The van der Waals surface area contributed by atoms with Crippen molar-refractivity contribution in [2.75, 3.05) is 25.1 Å². The summed E-state index contributed by atoms with van der Waals surface area (Å²) in [6.07, 6.45) is 0.374. The second kappa shape index (κ2) is 9.42. The Balaban J connectivity index is 0.00000225. The molecule has 1 heterocycles. The zero-order valence-corrected chi connectivity index (χ0v) is 15.0. The summed E-state index contributed by atoms with van der Waals surface area (Å²) in [6.45, 7) is 4.06. The van der Waals surface area contributed by atoms with Crippen LogP contribution in [0.15, 0.2) is 48.5 Å². The predicted octanol–water partition coefficient (Wildman–Crippen LogP) is 3.53. The van der Waals surface area contributed by atoms with E-state index in [0.29, 0.717) is 31.1 Å². The lowest BCUT2D eigenvalue weighted by Gasteiger charge is -2.23. The van der Waals surface area contributed by atoms with Crippen LogP contribution >= 0.6 is 12.4 Å². The first-order chi connectivity index (χ1) is 11.7. The lowest BCUT2D eigenvalue weighted by molar-refractivity contribution is -0.117. The molecule has 0 saturated carbocycles. The fraction of sp³-hybridized carbons (Fsp3) is 0.316. The molecule has 2 N–H and O–H groups in total. The van der Waals surface area contributed by atoms with E-state index in [1.54, 1.807) is 0 Å². The lowest BCUT2D eigenvalue weighted by atomic mass is 10.2. The van der Waals surface area contributed by atoms with Crippen molar-refractivity contribution >= 4 is 24.0 Å². The topological polar surface area (TPSA) is 59.6 Å². The molecule has 1 aliphatic heterocycles. The van der Waals surface area contributed by atoms with Gasteiger partial charge in [-0.15, -0.1) is 12.4 Å². The fourth-order valence-corrected chi connectivity index (χ4v) is 2.64. The molecule has 0 aliphatic carbocycles. The van der Waals surface area contributed by atoms with Gasteiger partial charge in [0.1, 0.15) is 5.75 Å². The molecule has 3 rings (SSSR count). The molecular formula is C19H23ClN2O3. The van der Waals surface area contributed by atoms with Crippen molar-refractivity contribution < 1.29 is 14.3 Å². The summed E-state index contributed by atoms with van der Waals surface area (Å²) in [4.78, 5) is 12.3. The first-order valence-corrected chi connectivity index (χ1v) is 8.15. The van der Waals surface area contributed by atoms with Crippen molar-refractivity contribution in [2.24, 2.45) is 0 Å². The minimum atomic E-state index is -0.0571. The van der Waals surface area contributed by atoms with Crippen LogP contribution in [0.5, 0.6) is 11.5 Å². The molecule has 1 amide bonds. The smallest absolute Gasteiger partial charge is 0.226 e. The number of hydrogen-bond acceptors (Lipinski definition) is 4. The molecule has 1 fully saturated rings. The van der Waals surface area contributed by atoms with Crippen molar-refractivity contribution in [3.63, 3.8) is 0 Å². The second-order valence-electron chi connectivity index (χ2n) is 5.89.